The van der Waals surface area contributed by atoms with Crippen LogP contribution in [0.3, 0.4) is 0 Å². The number of hydrogen-bond acceptors (Lipinski definition) is 3. The Morgan fingerprint density at radius 2 is 1.39 bits per heavy atom. The van der Waals surface area contributed by atoms with E-state index in [1.54, 1.807) is 0 Å². The van der Waals surface area contributed by atoms with Gasteiger partial charge in [-0.25, -0.2) is 0 Å². The fraction of sp³-hybridized carbons (Fsp3) is 0.750. The monoisotopic (exact) mass is 410 g/mol. The van der Waals surface area contributed by atoms with E-state index in [9.17, 15) is 4.89 Å². The van der Waals surface area contributed by atoms with Crippen LogP contribution in [-0.4, -0.2) is 11.5 Å². The third-order valence-corrected chi connectivity index (χ3v) is 5.83. The van der Waals surface area contributed by atoms with Crippen molar-refractivity contribution in [3.05, 3.63) is 29.3 Å². The molecule has 0 bridgehead atoms. The van der Waals surface area contributed by atoms with Crippen molar-refractivity contribution in [2.75, 3.05) is 6.61 Å². The summed E-state index contributed by atoms with van der Waals surface area (Å²) in [5.41, 5.74) is 2.18. The second-order valence-corrected chi connectivity index (χ2v) is 9.86. The van der Waals surface area contributed by atoms with E-state index in [0.717, 1.165) is 29.7 Å². The lowest BCUT2D eigenvalue weighted by atomic mass is 9.86. The summed E-state index contributed by atoms with van der Waals surface area (Å²) in [4.78, 5) is 10.2. The summed E-state index contributed by atoms with van der Waals surface area (Å²) in [5, 5.41) is 0. The molecule has 0 spiro atoms. The minimum atomic E-state index is -1.87. The minimum absolute atomic E-state index is 0.0325. The first-order chi connectivity index (χ1) is 13.3. The van der Waals surface area contributed by atoms with E-state index in [1.807, 2.05) is 13.0 Å². The highest BCUT2D eigenvalue weighted by atomic mass is 31.2. The van der Waals surface area contributed by atoms with Crippen molar-refractivity contribution in [2.45, 2.75) is 111 Å². The first-order valence-electron chi connectivity index (χ1n) is 11.3. The van der Waals surface area contributed by atoms with Crippen molar-refractivity contribution < 1.29 is 13.9 Å². The van der Waals surface area contributed by atoms with E-state index in [4.69, 9.17) is 9.05 Å². The molecule has 0 aromatic heterocycles. The standard InChI is InChI=1S/C24H43O3P/c1-6-7-8-9-10-11-12-13-14-15-16-19-26-28(25)27-23-20-21(2)17-18-22(23)24(3,4)5/h17-18,20,25H,6-16,19H2,1-5H3. The molecule has 0 amide bonds. The Bertz CT molecular complexity index is 525. The maximum atomic E-state index is 10.2. The lowest BCUT2D eigenvalue weighted by Gasteiger charge is -2.24. The molecule has 1 N–H and O–H groups in total. The molecule has 1 aromatic carbocycles. The Hall–Kier alpha value is -0.630. The molecular formula is C24H43O3P. The molecule has 0 radical (unpaired) electrons. The Labute approximate surface area is 175 Å². The molecule has 162 valence electrons. The van der Waals surface area contributed by atoms with Gasteiger partial charge in [-0.15, -0.1) is 0 Å². The zero-order valence-electron chi connectivity index (χ0n) is 18.9. The molecule has 0 aliphatic heterocycles. The van der Waals surface area contributed by atoms with Crippen molar-refractivity contribution in [3.63, 3.8) is 0 Å². The highest BCUT2D eigenvalue weighted by Crippen LogP contribution is 2.41. The summed E-state index contributed by atoms with van der Waals surface area (Å²) >= 11 is 0. The van der Waals surface area contributed by atoms with Gasteiger partial charge in [0.15, 0.2) is 0 Å². The van der Waals surface area contributed by atoms with Crippen LogP contribution in [0.25, 0.3) is 0 Å². The van der Waals surface area contributed by atoms with Gasteiger partial charge in [-0.2, -0.15) is 0 Å². The zero-order chi connectivity index (χ0) is 20.8. The average molecular weight is 411 g/mol. The largest absolute Gasteiger partial charge is 0.427 e. The van der Waals surface area contributed by atoms with Gasteiger partial charge in [0, 0.05) is 5.56 Å². The number of aryl methyl sites for hydroxylation is 1. The molecule has 0 fully saturated rings. The van der Waals surface area contributed by atoms with E-state index in [2.05, 4.69) is 39.8 Å². The van der Waals surface area contributed by atoms with Crippen LogP contribution in [0, 0.1) is 6.92 Å². The molecular weight excluding hydrogens is 367 g/mol. The zero-order valence-corrected chi connectivity index (χ0v) is 19.8. The molecule has 0 aliphatic rings. The van der Waals surface area contributed by atoms with Crippen LogP contribution in [0.1, 0.15) is 109 Å². The highest BCUT2D eigenvalue weighted by Gasteiger charge is 2.21. The third kappa shape index (κ3) is 11.4. The maximum Gasteiger partial charge on any atom is 0.394 e. The number of hydrogen-bond donors (Lipinski definition) is 1. The molecule has 1 atom stereocenters. The summed E-state index contributed by atoms with van der Waals surface area (Å²) in [6.07, 6.45) is 14.4. The fourth-order valence-corrected chi connectivity index (χ4v) is 4.00. The number of benzene rings is 1. The van der Waals surface area contributed by atoms with Crippen LogP contribution in [-0.2, 0) is 9.94 Å². The highest BCUT2D eigenvalue weighted by molar-refractivity contribution is 7.41. The van der Waals surface area contributed by atoms with Gasteiger partial charge in [-0.3, -0.25) is 0 Å². The smallest absolute Gasteiger partial charge is 0.394 e. The van der Waals surface area contributed by atoms with Gasteiger partial charge in [0.25, 0.3) is 0 Å². The molecule has 0 aliphatic carbocycles. The van der Waals surface area contributed by atoms with E-state index in [-0.39, 0.29) is 5.41 Å². The molecule has 3 nitrogen and oxygen atoms in total. The summed E-state index contributed by atoms with van der Waals surface area (Å²) < 4.78 is 11.3. The van der Waals surface area contributed by atoms with Crippen LogP contribution in [0.5, 0.6) is 5.75 Å². The van der Waals surface area contributed by atoms with Crippen LogP contribution >= 0.6 is 8.60 Å². The van der Waals surface area contributed by atoms with Crippen molar-refractivity contribution in [2.24, 2.45) is 0 Å². The van der Waals surface area contributed by atoms with E-state index in [0.29, 0.717) is 6.61 Å². The van der Waals surface area contributed by atoms with Gasteiger partial charge in [-0.05, 0) is 30.4 Å². The minimum Gasteiger partial charge on any atom is -0.427 e. The van der Waals surface area contributed by atoms with Crippen molar-refractivity contribution in [3.8, 4) is 5.75 Å². The lowest BCUT2D eigenvalue weighted by Crippen LogP contribution is -2.13. The summed E-state index contributed by atoms with van der Waals surface area (Å²) in [6, 6.07) is 6.15. The Morgan fingerprint density at radius 3 is 1.93 bits per heavy atom. The molecule has 1 rings (SSSR count). The fourth-order valence-electron chi connectivity index (χ4n) is 3.34. The van der Waals surface area contributed by atoms with Crippen molar-refractivity contribution in [1.29, 1.82) is 0 Å². The number of unbranched alkanes of at least 4 members (excludes halogenated alkanes) is 10. The first kappa shape index (κ1) is 25.4. The molecule has 4 heteroatoms. The van der Waals surface area contributed by atoms with E-state index in [1.165, 1.54) is 57.8 Å². The van der Waals surface area contributed by atoms with Crippen molar-refractivity contribution >= 4 is 8.60 Å². The molecule has 28 heavy (non-hydrogen) atoms. The molecule has 0 heterocycles. The predicted molar refractivity (Wildman–Crippen MR) is 122 cm³/mol. The summed E-state index contributed by atoms with van der Waals surface area (Å²) in [5.74, 6) is 0.736. The van der Waals surface area contributed by atoms with Crippen LogP contribution in [0.4, 0.5) is 0 Å². The SMILES string of the molecule is CCCCCCCCCCCCCOP(O)Oc1cc(C)ccc1C(C)(C)C. The third-order valence-electron chi connectivity index (χ3n) is 5.07. The van der Waals surface area contributed by atoms with Gasteiger partial charge in [-0.1, -0.05) is 104 Å². The normalized spacial score (nSPS) is 12.9. The second-order valence-electron chi connectivity index (χ2n) is 8.95. The van der Waals surface area contributed by atoms with Gasteiger partial charge < -0.3 is 13.9 Å². The Kier molecular flexibility index (Phi) is 13.0. The molecule has 0 saturated carbocycles. The Morgan fingerprint density at radius 1 is 0.857 bits per heavy atom. The molecule has 0 saturated heterocycles. The van der Waals surface area contributed by atoms with Gasteiger partial charge in [0.1, 0.15) is 5.75 Å². The maximum absolute atomic E-state index is 10.2. The lowest BCUT2D eigenvalue weighted by molar-refractivity contribution is 0.252. The van der Waals surface area contributed by atoms with Crippen LogP contribution < -0.4 is 4.52 Å². The quantitative estimate of drug-likeness (QED) is 0.234. The summed E-state index contributed by atoms with van der Waals surface area (Å²) in [7, 11) is -1.87. The van der Waals surface area contributed by atoms with Gasteiger partial charge in [0.05, 0.1) is 6.61 Å². The van der Waals surface area contributed by atoms with Gasteiger partial charge >= 0.3 is 8.60 Å². The first-order valence-corrected chi connectivity index (χ1v) is 12.4. The van der Waals surface area contributed by atoms with Crippen LogP contribution in [0.15, 0.2) is 18.2 Å². The number of rotatable bonds is 15. The average Bonchev–Trinajstić information content (AvgIpc) is 2.61. The topological polar surface area (TPSA) is 38.7 Å². The second kappa shape index (κ2) is 14.4. The van der Waals surface area contributed by atoms with Gasteiger partial charge in [0.2, 0.25) is 0 Å². The molecule has 1 aromatic rings. The van der Waals surface area contributed by atoms with E-state index < -0.39 is 8.60 Å². The van der Waals surface area contributed by atoms with Crippen molar-refractivity contribution in [1.82, 2.24) is 0 Å². The predicted octanol–water partition coefficient (Wildman–Crippen LogP) is 8.22. The summed E-state index contributed by atoms with van der Waals surface area (Å²) in [6.45, 7) is 11.3. The van der Waals surface area contributed by atoms with E-state index >= 15 is 0 Å². The molecule has 1 unspecified atom stereocenters. The van der Waals surface area contributed by atoms with Crippen LogP contribution in [0.2, 0.25) is 0 Å². The Balaban J connectivity index is 2.13.